The normalized spacial score (nSPS) is 18.0. The molecule has 10 heteroatoms. The van der Waals surface area contributed by atoms with E-state index in [1.807, 2.05) is 18.2 Å². The van der Waals surface area contributed by atoms with Crippen LogP contribution in [-0.4, -0.2) is 55.9 Å². The van der Waals surface area contributed by atoms with Crippen molar-refractivity contribution in [3.8, 4) is 11.1 Å². The Bertz CT molecular complexity index is 1250. The summed E-state index contributed by atoms with van der Waals surface area (Å²) in [7, 11) is -3.51. The predicted octanol–water partition coefficient (Wildman–Crippen LogP) is 5.16. The summed E-state index contributed by atoms with van der Waals surface area (Å²) in [5.74, 6) is -1.30. The quantitative estimate of drug-likeness (QED) is 0.367. The average molecular weight is 566 g/mol. The van der Waals surface area contributed by atoms with E-state index < -0.39 is 45.4 Å². The van der Waals surface area contributed by atoms with Gasteiger partial charge in [0.25, 0.3) is 0 Å². The third-order valence-electron chi connectivity index (χ3n) is 6.86. The van der Waals surface area contributed by atoms with Crippen molar-refractivity contribution in [2.75, 3.05) is 18.8 Å². The van der Waals surface area contributed by atoms with Crippen molar-refractivity contribution in [3.05, 3.63) is 59.2 Å². The highest BCUT2D eigenvalue weighted by Crippen LogP contribution is 2.31. The summed E-state index contributed by atoms with van der Waals surface area (Å²) in [5.41, 5.74) is 7.29. The molecule has 3 rings (SSSR count). The van der Waals surface area contributed by atoms with Crippen LogP contribution in [0.2, 0.25) is 0 Å². The van der Waals surface area contributed by atoms with Crippen LogP contribution < -0.4 is 10.5 Å². The monoisotopic (exact) mass is 565 g/mol. The Labute approximate surface area is 231 Å². The highest BCUT2D eigenvalue weighted by molar-refractivity contribution is 7.89. The number of unbranched alkanes of at least 4 members (excludes halogenated alkanes) is 2. The van der Waals surface area contributed by atoms with Crippen molar-refractivity contribution in [1.82, 2.24) is 9.62 Å². The first kappa shape index (κ1) is 31.0. The molecule has 0 saturated carbocycles. The topological polar surface area (TPSA) is 102 Å². The number of likely N-dealkylation sites (tertiary alicyclic amines) is 1. The van der Waals surface area contributed by atoms with Crippen molar-refractivity contribution >= 4 is 16.1 Å². The van der Waals surface area contributed by atoms with Crippen LogP contribution in [0.5, 0.6) is 0 Å². The van der Waals surface area contributed by atoms with Gasteiger partial charge in [-0.3, -0.25) is 0 Å². The van der Waals surface area contributed by atoms with Crippen LogP contribution in [0.25, 0.3) is 11.1 Å². The predicted molar refractivity (Wildman–Crippen MR) is 150 cm³/mol. The lowest BCUT2D eigenvalue weighted by Gasteiger charge is -2.31. The summed E-state index contributed by atoms with van der Waals surface area (Å²) in [6.45, 7) is 7.82. The Morgan fingerprint density at radius 1 is 1.15 bits per heavy atom. The maximum absolute atomic E-state index is 14.9. The maximum Gasteiger partial charge on any atom is 0.410 e. The molecule has 3 N–H and O–H groups in total. The van der Waals surface area contributed by atoms with E-state index in [0.29, 0.717) is 49.0 Å². The Morgan fingerprint density at radius 3 is 2.56 bits per heavy atom. The van der Waals surface area contributed by atoms with Gasteiger partial charge in [-0.1, -0.05) is 30.7 Å². The summed E-state index contributed by atoms with van der Waals surface area (Å²) in [5, 5.41) is 0. The average Bonchev–Trinajstić information content (AvgIpc) is 3.23. The lowest BCUT2D eigenvalue weighted by molar-refractivity contribution is 0.0218. The number of carbonyl (C=O) groups is 1. The molecule has 216 valence electrons. The van der Waals surface area contributed by atoms with Gasteiger partial charge in [-0.15, -0.1) is 0 Å². The molecule has 7 nitrogen and oxygen atoms in total. The molecule has 2 atom stereocenters. The van der Waals surface area contributed by atoms with E-state index in [1.54, 1.807) is 38.7 Å². The smallest absolute Gasteiger partial charge is 0.410 e. The Balaban J connectivity index is 1.93. The summed E-state index contributed by atoms with van der Waals surface area (Å²) >= 11 is 0. The number of hydrogen-bond donors (Lipinski definition) is 2. The number of amides is 1. The number of rotatable bonds is 11. The van der Waals surface area contributed by atoms with Gasteiger partial charge < -0.3 is 15.4 Å². The zero-order chi connectivity index (χ0) is 28.8. The first-order chi connectivity index (χ1) is 18.3. The van der Waals surface area contributed by atoms with Crippen LogP contribution >= 0.6 is 0 Å². The molecule has 1 aliphatic heterocycles. The first-order valence-electron chi connectivity index (χ1n) is 13.6. The number of sulfonamides is 1. The molecule has 0 aromatic heterocycles. The molecule has 1 aliphatic rings. The molecule has 0 spiro atoms. The number of carbonyl (C=O) groups excluding carboxylic acids is 1. The molecule has 0 bridgehead atoms. The van der Waals surface area contributed by atoms with Crippen LogP contribution in [0.4, 0.5) is 13.6 Å². The number of benzene rings is 2. The largest absolute Gasteiger partial charge is 0.444 e. The number of nitrogens with one attached hydrogen (secondary N) is 1. The van der Waals surface area contributed by atoms with E-state index in [0.717, 1.165) is 30.9 Å². The minimum Gasteiger partial charge on any atom is -0.444 e. The van der Waals surface area contributed by atoms with Gasteiger partial charge in [0.2, 0.25) is 10.0 Å². The maximum atomic E-state index is 14.9. The molecule has 0 aliphatic carbocycles. The summed E-state index contributed by atoms with van der Waals surface area (Å²) < 4.78 is 62.3. The fourth-order valence-corrected chi connectivity index (χ4v) is 5.85. The summed E-state index contributed by atoms with van der Waals surface area (Å²) in [6.07, 6.45) is 3.17. The van der Waals surface area contributed by atoms with Gasteiger partial charge in [0.15, 0.2) is 0 Å². The molecule has 1 amide bonds. The van der Waals surface area contributed by atoms with Gasteiger partial charge in [-0.05, 0) is 94.7 Å². The molecule has 39 heavy (non-hydrogen) atoms. The van der Waals surface area contributed by atoms with Gasteiger partial charge in [-0.25, -0.2) is 26.7 Å². The van der Waals surface area contributed by atoms with E-state index in [4.69, 9.17) is 10.5 Å². The minimum atomic E-state index is -3.51. The van der Waals surface area contributed by atoms with Crippen LogP contribution in [0.3, 0.4) is 0 Å². The second-order valence-electron chi connectivity index (χ2n) is 11.1. The third-order valence-corrected chi connectivity index (χ3v) is 8.28. The molecule has 2 unspecified atom stereocenters. The lowest BCUT2D eigenvalue weighted by Crippen LogP contribution is -2.49. The highest BCUT2D eigenvalue weighted by Gasteiger charge is 2.40. The molecular weight excluding hydrogens is 524 g/mol. The van der Waals surface area contributed by atoms with Crippen LogP contribution in [-0.2, 0) is 27.6 Å². The van der Waals surface area contributed by atoms with Gasteiger partial charge in [0.05, 0.1) is 11.8 Å². The Hall–Kier alpha value is -2.56. The fraction of sp³-hybridized carbons (Fsp3) is 0.552. The van der Waals surface area contributed by atoms with E-state index in [9.17, 15) is 22.0 Å². The van der Waals surface area contributed by atoms with E-state index in [2.05, 4.69) is 4.72 Å². The SMILES string of the molecule is CCS(=O)(=O)NC1CCN(C(=O)OC(C)(C)C)C1Cc1cccc(-c2cc(F)cc(F)c2CCCCCN)c1. The zero-order valence-corrected chi connectivity index (χ0v) is 24.1. The van der Waals surface area contributed by atoms with Gasteiger partial charge in [-0.2, -0.15) is 0 Å². The van der Waals surface area contributed by atoms with E-state index in [-0.39, 0.29) is 5.75 Å². The summed E-state index contributed by atoms with van der Waals surface area (Å²) in [6, 6.07) is 8.62. The zero-order valence-electron chi connectivity index (χ0n) is 23.3. The number of hydrogen-bond acceptors (Lipinski definition) is 5. The van der Waals surface area contributed by atoms with Gasteiger partial charge in [0.1, 0.15) is 17.2 Å². The standard InChI is InChI=1S/C29H41F2N3O4S/c1-5-39(36,37)33-26-13-15-34(28(35)38-29(2,3)4)27(26)17-20-10-9-11-21(16-20)24-18-22(30)19-25(31)23(24)12-7-6-8-14-32/h9-11,16,18-19,26-27,33H,5-8,12-15,17,32H2,1-4H3. The van der Waals surface area contributed by atoms with Crippen molar-refractivity contribution in [1.29, 1.82) is 0 Å². The van der Waals surface area contributed by atoms with Crippen molar-refractivity contribution in [3.63, 3.8) is 0 Å². The second-order valence-corrected chi connectivity index (χ2v) is 13.1. The number of halogens is 2. The van der Waals surface area contributed by atoms with Crippen LogP contribution in [0, 0.1) is 11.6 Å². The van der Waals surface area contributed by atoms with Gasteiger partial charge in [0, 0.05) is 18.7 Å². The molecule has 2 aromatic carbocycles. The summed E-state index contributed by atoms with van der Waals surface area (Å²) in [4.78, 5) is 14.6. The molecule has 1 saturated heterocycles. The number of ether oxygens (including phenoxy) is 1. The highest BCUT2D eigenvalue weighted by atomic mass is 32.2. The molecule has 0 radical (unpaired) electrons. The molecule has 1 fully saturated rings. The Kier molecular flexibility index (Phi) is 10.5. The lowest BCUT2D eigenvalue weighted by atomic mass is 9.92. The first-order valence-corrected chi connectivity index (χ1v) is 15.3. The van der Waals surface area contributed by atoms with Gasteiger partial charge >= 0.3 is 6.09 Å². The minimum absolute atomic E-state index is 0.0721. The Morgan fingerprint density at radius 2 is 1.90 bits per heavy atom. The van der Waals surface area contributed by atoms with E-state index in [1.165, 1.54) is 6.07 Å². The third kappa shape index (κ3) is 8.71. The van der Waals surface area contributed by atoms with Crippen LogP contribution in [0.1, 0.15) is 64.5 Å². The van der Waals surface area contributed by atoms with Crippen molar-refractivity contribution in [2.24, 2.45) is 5.73 Å². The molecule has 1 heterocycles. The van der Waals surface area contributed by atoms with Crippen molar-refractivity contribution < 1.29 is 26.7 Å². The fourth-order valence-electron chi connectivity index (χ4n) is 4.95. The van der Waals surface area contributed by atoms with Crippen molar-refractivity contribution in [2.45, 2.75) is 83.9 Å². The molecular formula is C29H41F2N3O4S. The van der Waals surface area contributed by atoms with E-state index >= 15 is 0 Å². The number of nitrogens with two attached hydrogens (primary N) is 1. The molecule has 2 aromatic rings. The number of nitrogens with zero attached hydrogens (tertiary/aromatic N) is 1. The second kappa shape index (κ2) is 13.2. The van der Waals surface area contributed by atoms with Crippen LogP contribution in [0.15, 0.2) is 36.4 Å².